The molecule has 0 saturated carbocycles. The standard InChI is InChI=1S/C51H57N9O7/c1-2-18-56-46(61)44-40(23-30-16-19-54-42(52)25-30)47(62)59(44)50(66)57-21-4-7-36(28-57)32-10-12-33(13-11-32)38-9-3-6-35-27-34(14-15-39(35)38)37-8-5-22-58(29-37)51(67)60-45(49(64)65)41(48(60)63)24-31-17-20-55-43(53)26-31/h3,6,9-17,19-20,25-27,36-37,40-41,44-45,48,63H,2,4-5,7-8,18,21-24,28-29H2,1H3,(H2,52,54)(H2,53,55)(H,56,61)(H,64,65)/t36-,37?,40-,41-,44+,45+,48?/m1/s1. The van der Waals surface area contributed by atoms with E-state index < -0.39 is 48.2 Å². The summed E-state index contributed by atoms with van der Waals surface area (Å²) in [6, 6.07) is 24.9. The zero-order valence-electron chi connectivity index (χ0n) is 37.5. The van der Waals surface area contributed by atoms with Crippen LogP contribution in [0, 0.1) is 11.8 Å². The number of carbonyl (C=O) groups excluding carboxylic acids is 4. The summed E-state index contributed by atoms with van der Waals surface area (Å²) in [5, 5.41) is 26.3. The van der Waals surface area contributed by atoms with Crippen LogP contribution in [0.25, 0.3) is 21.9 Å². The van der Waals surface area contributed by atoms with E-state index in [1.807, 2.05) is 13.0 Å². The van der Waals surface area contributed by atoms with Gasteiger partial charge in [-0.2, -0.15) is 0 Å². The van der Waals surface area contributed by atoms with Gasteiger partial charge in [0.05, 0.1) is 5.92 Å². The fraction of sp³-hybridized carbons (Fsp3) is 0.392. The van der Waals surface area contributed by atoms with Gasteiger partial charge < -0.3 is 36.8 Å². The summed E-state index contributed by atoms with van der Waals surface area (Å²) in [6.07, 6.45) is 6.38. The first kappa shape index (κ1) is 45.1. The summed E-state index contributed by atoms with van der Waals surface area (Å²) >= 11 is 0. The average molecular weight is 908 g/mol. The number of fused-ring (bicyclic) bond motifs is 1. The normalized spacial score (nSPS) is 23.9. The number of hydrogen-bond donors (Lipinski definition) is 5. The van der Waals surface area contributed by atoms with Crippen molar-refractivity contribution in [3.05, 3.63) is 120 Å². The van der Waals surface area contributed by atoms with Crippen molar-refractivity contribution in [2.45, 2.75) is 82.0 Å². The lowest BCUT2D eigenvalue weighted by Gasteiger charge is -2.52. The van der Waals surface area contributed by atoms with Gasteiger partial charge in [0.2, 0.25) is 11.8 Å². The van der Waals surface area contributed by atoms with Crippen molar-refractivity contribution in [1.82, 2.24) is 34.9 Å². The van der Waals surface area contributed by atoms with E-state index in [2.05, 4.69) is 69.9 Å². The molecule has 16 heteroatoms. The number of imide groups is 1. The smallest absolute Gasteiger partial charge is 0.327 e. The van der Waals surface area contributed by atoms with Gasteiger partial charge in [0.15, 0.2) is 0 Å². The van der Waals surface area contributed by atoms with Crippen molar-refractivity contribution in [3.8, 4) is 11.1 Å². The van der Waals surface area contributed by atoms with E-state index in [4.69, 9.17) is 11.5 Å². The number of likely N-dealkylation sites (tertiary alicyclic amines) is 4. The monoisotopic (exact) mass is 907 g/mol. The molecule has 4 aliphatic rings. The maximum atomic E-state index is 14.1. The number of nitrogen functional groups attached to an aromatic ring is 2. The van der Waals surface area contributed by atoms with Crippen LogP contribution >= 0.6 is 0 Å². The molecule has 4 fully saturated rings. The molecule has 2 aromatic heterocycles. The molecule has 5 aromatic rings. The number of amides is 6. The number of aromatic nitrogens is 2. The lowest BCUT2D eigenvalue weighted by atomic mass is 9.81. The maximum absolute atomic E-state index is 14.1. The number of aliphatic hydroxyl groups is 1. The minimum Gasteiger partial charge on any atom is -0.480 e. The van der Waals surface area contributed by atoms with Crippen LogP contribution in [0.5, 0.6) is 0 Å². The first-order chi connectivity index (χ1) is 32.4. The average Bonchev–Trinajstić information content (AvgIpc) is 3.34. The Bertz CT molecular complexity index is 2700. The van der Waals surface area contributed by atoms with Crippen molar-refractivity contribution >= 4 is 52.3 Å². The van der Waals surface area contributed by atoms with E-state index in [1.54, 1.807) is 46.5 Å². The largest absolute Gasteiger partial charge is 0.480 e. The molecule has 6 amide bonds. The van der Waals surface area contributed by atoms with E-state index >= 15 is 0 Å². The first-order valence-electron chi connectivity index (χ1n) is 23.3. The molecular weight excluding hydrogens is 851 g/mol. The van der Waals surface area contributed by atoms with Gasteiger partial charge in [0.25, 0.3) is 0 Å². The molecule has 348 valence electrons. The van der Waals surface area contributed by atoms with Crippen LogP contribution < -0.4 is 16.8 Å². The molecule has 3 aromatic carbocycles. The second kappa shape index (κ2) is 19.0. The zero-order chi connectivity index (χ0) is 46.9. The highest BCUT2D eigenvalue weighted by atomic mass is 16.4. The van der Waals surface area contributed by atoms with E-state index in [9.17, 15) is 34.2 Å². The fourth-order valence-electron chi connectivity index (χ4n) is 10.7. The number of nitrogens with one attached hydrogen (secondary N) is 1. The SMILES string of the molecule is CCCNC(=O)[C@@H]1[C@@H](Cc2ccnc(N)c2)C(=O)N1C(=O)N1CCC[C@@H](c2ccc(-c3cccc4cc(C5CCCN(C(=O)N6C(O)[C@H](Cc7ccnc(N)c7)[C@H]6C(=O)O)C5)ccc34)cc2)C1. The highest BCUT2D eigenvalue weighted by molar-refractivity contribution is 6.09. The number of nitrogens with zero attached hydrogens (tertiary/aromatic N) is 6. The molecule has 67 heavy (non-hydrogen) atoms. The summed E-state index contributed by atoms with van der Waals surface area (Å²) < 4.78 is 0. The van der Waals surface area contributed by atoms with E-state index in [-0.39, 0.29) is 36.5 Å². The molecule has 2 unspecified atom stereocenters. The molecule has 0 bridgehead atoms. The maximum Gasteiger partial charge on any atom is 0.327 e. The number of β-lactam (4-membered cyclic amide) rings is 1. The Hall–Kier alpha value is -7.07. The third kappa shape index (κ3) is 8.97. The summed E-state index contributed by atoms with van der Waals surface area (Å²) in [6.45, 7) is 4.20. The van der Waals surface area contributed by atoms with Gasteiger partial charge in [0, 0.05) is 62.9 Å². The predicted molar refractivity (Wildman–Crippen MR) is 252 cm³/mol. The second-order valence-electron chi connectivity index (χ2n) is 18.4. The topological polar surface area (TPSA) is 229 Å². The first-order valence-corrected chi connectivity index (χ1v) is 23.3. The van der Waals surface area contributed by atoms with Crippen LogP contribution in [0.15, 0.2) is 97.3 Å². The molecule has 0 radical (unpaired) electrons. The molecule has 6 heterocycles. The minimum absolute atomic E-state index is 0.0286. The second-order valence-corrected chi connectivity index (χ2v) is 18.4. The lowest BCUT2D eigenvalue weighted by molar-refractivity contribution is -0.183. The van der Waals surface area contributed by atoms with E-state index in [1.165, 1.54) is 0 Å². The Labute approximate surface area is 388 Å². The number of hydrogen-bond acceptors (Lipinski definition) is 10. The number of urea groups is 2. The molecule has 0 aliphatic carbocycles. The molecule has 0 spiro atoms. The van der Waals surface area contributed by atoms with Crippen molar-refractivity contribution in [2.24, 2.45) is 11.8 Å². The van der Waals surface area contributed by atoms with Crippen LogP contribution in [0.4, 0.5) is 21.2 Å². The lowest BCUT2D eigenvalue weighted by Crippen LogP contribution is -2.71. The number of aliphatic hydroxyl groups excluding tert-OH is 1. The van der Waals surface area contributed by atoms with Crippen LogP contribution in [-0.2, 0) is 27.2 Å². The molecule has 7 N–H and O–H groups in total. The highest BCUT2D eigenvalue weighted by Crippen LogP contribution is 2.39. The van der Waals surface area contributed by atoms with Crippen LogP contribution in [-0.4, -0.2) is 121 Å². The quantitative estimate of drug-likeness (QED) is 0.103. The number of anilines is 2. The third-order valence-corrected chi connectivity index (χ3v) is 14.2. The van der Waals surface area contributed by atoms with Gasteiger partial charge in [-0.1, -0.05) is 67.6 Å². The number of pyridine rings is 2. The van der Waals surface area contributed by atoms with Crippen molar-refractivity contribution in [3.63, 3.8) is 0 Å². The predicted octanol–water partition coefficient (Wildman–Crippen LogP) is 5.60. The number of nitrogens with two attached hydrogens (primary N) is 2. The zero-order valence-corrected chi connectivity index (χ0v) is 37.5. The molecule has 16 nitrogen and oxygen atoms in total. The summed E-state index contributed by atoms with van der Waals surface area (Å²) in [5.74, 6) is -2.49. The van der Waals surface area contributed by atoms with Crippen LogP contribution in [0.2, 0.25) is 0 Å². The Morgan fingerprint density at radius 3 is 2.03 bits per heavy atom. The molecule has 4 saturated heterocycles. The number of aliphatic carboxylic acids is 1. The van der Waals surface area contributed by atoms with Crippen LogP contribution in [0.3, 0.4) is 0 Å². The number of piperidine rings is 2. The van der Waals surface area contributed by atoms with Gasteiger partial charge in [-0.25, -0.2) is 24.4 Å². The summed E-state index contributed by atoms with van der Waals surface area (Å²) in [4.78, 5) is 81.0. The number of benzene rings is 3. The van der Waals surface area contributed by atoms with Crippen molar-refractivity contribution in [1.29, 1.82) is 0 Å². The van der Waals surface area contributed by atoms with Gasteiger partial charge in [-0.15, -0.1) is 0 Å². The third-order valence-electron chi connectivity index (χ3n) is 14.2. The van der Waals surface area contributed by atoms with Crippen molar-refractivity contribution < 1.29 is 34.2 Å². The van der Waals surface area contributed by atoms with Gasteiger partial charge in [-0.3, -0.25) is 19.4 Å². The number of carboxylic acid groups (broad SMARTS) is 1. The highest BCUT2D eigenvalue weighted by Gasteiger charge is 2.56. The minimum atomic E-state index is -1.24. The Kier molecular flexibility index (Phi) is 12.8. The molecular formula is C51H57N9O7. The van der Waals surface area contributed by atoms with Crippen LogP contribution in [0.1, 0.15) is 73.1 Å². The Morgan fingerprint density at radius 2 is 1.39 bits per heavy atom. The molecule has 4 aliphatic heterocycles. The van der Waals surface area contributed by atoms with Gasteiger partial charge in [0.1, 0.15) is 29.9 Å². The molecule has 9 rings (SSSR count). The fourth-order valence-corrected chi connectivity index (χ4v) is 10.7. The number of rotatable bonds is 11. The molecule has 7 atom stereocenters. The number of carbonyl (C=O) groups is 5. The van der Waals surface area contributed by atoms with E-state index in [0.717, 1.165) is 86.1 Å². The summed E-state index contributed by atoms with van der Waals surface area (Å²) in [7, 11) is 0. The van der Waals surface area contributed by atoms with Gasteiger partial charge >= 0.3 is 18.0 Å². The van der Waals surface area contributed by atoms with E-state index in [0.29, 0.717) is 44.4 Å². The number of carboxylic acids is 1. The summed E-state index contributed by atoms with van der Waals surface area (Å²) in [5.41, 5.74) is 17.5. The van der Waals surface area contributed by atoms with Crippen molar-refractivity contribution in [2.75, 3.05) is 44.2 Å². The Balaban J connectivity index is 0.852. The Morgan fingerprint density at radius 1 is 0.761 bits per heavy atom. The van der Waals surface area contributed by atoms with Gasteiger partial charge in [-0.05, 0) is 113 Å².